The number of aliphatic hydroxyl groups is 1. The highest BCUT2D eigenvalue weighted by Gasteiger charge is 2.42. The molecule has 0 bridgehead atoms. The van der Waals surface area contributed by atoms with E-state index in [-0.39, 0.29) is 23.1 Å². The molecule has 2 aromatic heterocycles. The molecule has 15 heteroatoms. The molecular formula is C19H15F6N5O4. The predicted molar refractivity (Wildman–Crippen MR) is 105 cm³/mol. The van der Waals surface area contributed by atoms with Crippen molar-refractivity contribution in [2.24, 2.45) is 0 Å². The maximum absolute atomic E-state index is 13.7. The molecule has 3 rings (SSSR count). The van der Waals surface area contributed by atoms with Crippen LogP contribution in [-0.2, 0) is 15.7 Å². The number of carbonyl (C=O) groups is 1. The molecule has 0 aliphatic heterocycles. The van der Waals surface area contributed by atoms with Gasteiger partial charge in [0.25, 0.3) is 0 Å². The second kappa shape index (κ2) is 9.17. The first-order chi connectivity index (χ1) is 15.8. The zero-order chi connectivity index (χ0) is 25.3. The number of halogens is 6. The SMILES string of the molecule is CNc1nc(N)nc2nc(-c3c(OCC(O)OC(=O)C(F)(F)F)cccc3C(F)(F)F)ccc12. The number of nitrogens with two attached hydrogens (primary N) is 1. The number of fused-ring (bicyclic) bond motifs is 1. The van der Waals surface area contributed by atoms with Crippen LogP contribution < -0.4 is 15.8 Å². The molecule has 1 aromatic carbocycles. The molecule has 9 nitrogen and oxygen atoms in total. The van der Waals surface area contributed by atoms with E-state index in [1.165, 1.54) is 19.2 Å². The van der Waals surface area contributed by atoms with Crippen molar-refractivity contribution in [2.75, 3.05) is 24.7 Å². The number of hydrogen-bond donors (Lipinski definition) is 3. The van der Waals surface area contributed by atoms with Gasteiger partial charge < -0.3 is 25.6 Å². The third-order valence-electron chi connectivity index (χ3n) is 4.26. The lowest BCUT2D eigenvalue weighted by Gasteiger charge is -2.19. The molecule has 2 heterocycles. The molecule has 0 amide bonds. The van der Waals surface area contributed by atoms with E-state index >= 15 is 0 Å². The first-order valence-electron chi connectivity index (χ1n) is 9.22. The first-order valence-corrected chi connectivity index (χ1v) is 9.22. The Labute approximate surface area is 186 Å². The molecule has 0 saturated carbocycles. The fourth-order valence-electron chi connectivity index (χ4n) is 2.89. The third-order valence-corrected chi connectivity index (χ3v) is 4.26. The number of esters is 1. The molecule has 0 aliphatic rings. The lowest BCUT2D eigenvalue weighted by molar-refractivity contribution is -0.221. The molecule has 0 saturated heterocycles. The summed E-state index contributed by atoms with van der Waals surface area (Å²) in [6.07, 6.45) is -12.7. The molecule has 1 atom stereocenters. The van der Waals surface area contributed by atoms with Crippen LogP contribution in [0.15, 0.2) is 30.3 Å². The van der Waals surface area contributed by atoms with Crippen molar-refractivity contribution in [1.82, 2.24) is 15.0 Å². The number of nitrogens with zero attached hydrogens (tertiary/aromatic N) is 3. The minimum Gasteiger partial charge on any atom is -0.486 e. The molecule has 3 aromatic rings. The minimum absolute atomic E-state index is 0.0450. The normalized spacial score (nSPS) is 12.9. The number of benzene rings is 1. The molecule has 0 radical (unpaired) electrons. The zero-order valence-electron chi connectivity index (χ0n) is 17.0. The second-order valence-corrected chi connectivity index (χ2v) is 6.59. The van der Waals surface area contributed by atoms with Gasteiger partial charge in [0.05, 0.1) is 22.2 Å². The third kappa shape index (κ3) is 5.36. The van der Waals surface area contributed by atoms with Crippen LogP contribution in [0.3, 0.4) is 0 Å². The molecule has 4 N–H and O–H groups in total. The number of aromatic nitrogens is 3. The number of nitrogen functional groups attached to an aromatic ring is 1. The Balaban J connectivity index is 2.03. The van der Waals surface area contributed by atoms with Crippen molar-refractivity contribution >= 4 is 28.8 Å². The average Bonchev–Trinajstić information content (AvgIpc) is 2.75. The summed E-state index contributed by atoms with van der Waals surface area (Å²) in [7, 11) is 1.54. The van der Waals surface area contributed by atoms with Crippen LogP contribution in [0.25, 0.3) is 22.3 Å². The zero-order valence-corrected chi connectivity index (χ0v) is 17.0. The molecular weight excluding hydrogens is 476 g/mol. The Bertz CT molecular complexity index is 1220. The molecule has 182 valence electrons. The van der Waals surface area contributed by atoms with Crippen LogP contribution in [0.1, 0.15) is 5.56 Å². The van der Waals surface area contributed by atoms with Crippen molar-refractivity contribution in [3.05, 3.63) is 35.9 Å². The van der Waals surface area contributed by atoms with Gasteiger partial charge in [0.2, 0.25) is 12.2 Å². The highest BCUT2D eigenvalue weighted by atomic mass is 19.4. The van der Waals surface area contributed by atoms with E-state index < -0.39 is 48.1 Å². The van der Waals surface area contributed by atoms with Crippen LogP contribution in [0.4, 0.5) is 38.1 Å². The summed E-state index contributed by atoms with van der Waals surface area (Å²) in [5, 5.41) is 12.6. The summed E-state index contributed by atoms with van der Waals surface area (Å²) in [6.45, 7) is -1.09. The van der Waals surface area contributed by atoms with E-state index in [9.17, 15) is 36.2 Å². The number of anilines is 2. The smallest absolute Gasteiger partial charge is 0.486 e. The lowest BCUT2D eigenvalue weighted by atomic mass is 10.0. The Morgan fingerprint density at radius 2 is 1.82 bits per heavy atom. The van der Waals surface area contributed by atoms with Gasteiger partial charge in [-0.3, -0.25) is 0 Å². The van der Waals surface area contributed by atoms with Gasteiger partial charge in [0.1, 0.15) is 11.6 Å². The van der Waals surface area contributed by atoms with Gasteiger partial charge in [-0.25, -0.2) is 9.78 Å². The Morgan fingerprint density at radius 1 is 1.12 bits per heavy atom. The predicted octanol–water partition coefficient (Wildman–Crippen LogP) is 3.14. The molecule has 34 heavy (non-hydrogen) atoms. The van der Waals surface area contributed by atoms with Crippen molar-refractivity contribution in [2.45, 2.75) is 18.6 Å². The van der Waals surface area contributed by atoms with E-state index in [1.54, 1.807) is 0 Å². The second-order valence-electron chi connectivity index (χ2n) is 6.59. The van der Waals surface area contributed by atoms with Crippen LogP contribution in [0.5, 0.6) is 5.75 Å². The van der Waals surface area contributed by atoms with Crippen molar-refractivity contribution in [1.29, 1.82) is 0 Å². The van der Waals surface area contributed by atoms with E-state index in [1.807, 2.05) is 0 Å². The van der Waals surface area contributed by atoms with E-state index in [4.69, 9.17) is 10.5 Å². The van der Waals surface area contributed by atoms with Crippen LogP contribution >= 0.6 is 0 Å². The molecule has 0 spiro atoms. The Hall–Kier alpha value is -3.88. The van der Waals surface area contributed by atoms with Crippen LogP contribution in [0.2, 0.25) is 0 Å². The van der Waals surface area contributed by atoms with Gasteiger partial charge in [-0.2, -0.15) is 36.3 Å². The fraction of sp³-hybridized carbons (Fsp3) is 0.263. The number of rotatable bonds is 6. The summed E-state index contributed by atoms with van der Waals surface area (Å²) < 4.78 is 86.8. The lowest BCUT2D eigenvalue weighted by Crippen LogP contribution is -2.33. The van der Waals surface area contributed by atoms with Gasteiger partial charge in [-0.15, -0.1) is 0 Å². The number of aliphatic hydroxyl groups excluding tert-OH is 1. The highest BCUT2D eigenvalue weighted by Crippen LogP contribution is 2.42. The summed E-state index contributed by atoms with van der Waals surface area (Å²) >= 11 is 0. The van der Waals surface area contributed by atoms with E-state index in [2.05, 4.69) is 25.0 Å². The minimum atomic E-state index is -5.38. The summed E-state index contributed by atoms with van der Waals surface area (Å²) in [6, 6.07) is 5.40. The maximum atomic E-state index is 13.7. The number of nitrogens with one attached hydrogen (secondary N) is 1. The highest BCUT2D eigenvalue weighted by molar-refractivity contribution is 5.89. The standard InChI is InChI=1S/C19H15F6N5O4/c1-27-14-8-5-6-10(28-15(8)30-17(26)29-14)13-9(18(20,21)22)3-2-4-11(13)33-7-12(31)34-16(32)19(23,24)25/h2-6,12,31H,7H2,1H3,(H3,26,27,28,29,30). The Kier molecular flexibility index (Phi) is 6.67. The molecule has 1 unspecified atom stereocenters. The van der Waals surface area contributed by atoms with Gasteiger partial charge in [-0.1, -0.05) is 6.07 Å². The topological polar surface area (TPSA) is 132 Å². The monoisotopic (exact) mass is 491 g/mol. The maximum Gasteiger partial charge on any atom is 0.491 e. The van der Waals surface area contributed by atoms with Gasteiger partial charge >= 0.3 is 18.3 Å². The quantitative estimate of drug-likeness (QED) is 0.270. The summed E-state index contributed by atoms with van der Waals surface area (Å²) in [4.78, 5) is 22.8. The number of alkyl halides is 6. The number of carbonyl (C=O) groups excluding carboxylic acids is 1. The average molecular weight is 491 g/mol. The van der Waals surface area contributed by atoms with Crippen molar-refractivity contribution in [3.8, 4) is 17.0 Å². The largest absolute Gasteiger partial charge is 0.491 e. The van der Waals surface area contributed by atoms with Crippen molar-refractivity contribution in [3.63, 3.8) is 0 Å². The van der Waals surface area contributed by atoms with Gasteiger partial charge in [0, 0.05) is 7.05 Å². The first kappa shape index (κ1) is 24.8. The Morgan fingerprint density at radius 3 is 2.44 bits per heavy atom. The van der Waals surface area contributed by atoms with Gasteiger partial charge in [0.15, 0.2) is 12.3 Å². The fourth-order valence-corrected chi connectivity index (χ4v) is 2.89. The van der Waals surface area contributed by atoms with Crippen LogP contribution in [-0.4, -0.2) is 52.1 Å². The number of ether oxygens (including phenoxy) is 2. The van der Waals surface area contributed by atoms with E-state index in [0.29, 0.717) is 5.39 Å². The van der Waals surface area contributed by atoms with E-state index in [0.717, 1.165) is 18.2 Å². The number of hydrogen-bond acceptors (Lipinski definition) is 9. The van der Waals surface area contributed by atoms with Crippen LogP contribution in [0, 0.1) is 0 Å². The number of pyridine rings is 1. The molecule has 0 fully saturated rings. The summed E-state index contributed by atoms with van der Waals surface area (Å²) in [5.74, 6) is -3.12. The molecule has 0 aliphatic carbocycles. The van der Waals surface area contributed by atoms with Gasteiger partial charge in [-0.05, 0) is 24.3 Å². The van der Waals surface area contributed by atoms with Crippen molar-refractivity contribution < 1.29 is 45.7 Å². The summed E-state index contributed by atoms with van der Waals surface area (Å²) in [5.41, 5.74) is 3.53.